The molecular formula is C26H31N3O3. The summed E-state index contributed by atoms with van der Waals surface area (Å²) in [4.78, 5) is 40.3. The van der Waals surface area contributed by atoms with Crippen LogP contribution in [0.4, 0.5) is 4.79 Å². The fourth-order valence-corrected chi connectivity index (χ4v) is 4.94. The number of amides is 4. The molecule has 1 saturated heterocycles. The summed E-state index contributed by atoms with van der Waals surface area (Å²) >= 11 is 0. The van der Waals surface area contributed by atoms with Crippen LogP contribution in [0.5, 0.6) is 0 Å². The lowest BCUT2D eigenvalue weighted by atomic mass is 9.84. The van der Waals surface area contributed by atoms with Crippen LogP contribution in [-0.2, 0) is 22.4 Å². The van der Waals surface area contributed by atoms with Gasteiger partial charge in [-0.05, 0) is 29.9 Å². The van der Waals surface area contributed by atoms with Crippen LogP contribution in [0.2, 0.25) is 0 Å². The monoisotopic (exact) mass is 433 g/mol. The summed E-state index contributed by atoms with van der Waals surface area (Å²) < 4.78 is 0. The maximum Gasteiger partial charge on any atom is 0.325 e. The van der Waals surface area contributed by atoms with E-state index in [4.69, 9.17) is 0 Å². The quantitative estimate of drug-likeness (QED) is 0.657. The largest absolute Gasteiger partial charge is 0.352 e. The molecule has 2 aromatic carbocycles. The van der Waals surface area contributed by atoms with Gasteiger partial charge in [-0.15, -0.1) is 0 Å². The van der Waals surface area contributed by atoms with Gasteiger partial charge in [-0.3, -0.25) is 14.5 Å². The van der Waals surface area contributed by atoms with Crippen LogP contribution >= 0.6 is 0 Å². The molecule has 0 aromatic heterocycles. The third-order valence-corrected chi connectivity index (χ3v) is 6.70. The Morgan fingerprint density at radius 1 is 0.969 bits per heavy atom. The Balaban J connectivity index is 1.53. The van der Waals surface area contributed by atoms with Gasteiger partial charge in [0.2, 0.25) is 5.91 Å². The lowest BCUT2D eigenvalue weighted by Gasteiger charge is -2.30. The number of hydrogen-bond acceptors (Lipinski definition) is 3. The highest BCUT2D eigenvalue weighted by atomic mass is 16.2. The Bertz CT molecular complexity index is 919. The van der Waals surface area contributed by atoms with Gasteiger partial charge < -0.3 is 10.6 Å². The van der Waals surface area contributed by atoms with E-state index >= 15 is 0 Å². The summed E-state index contributed by atoms with van der Waals surface area (Å²) in [5.41, 5.74) is 0.803. The minimum Gasteiger partial charge on any atom is -0.352 e. The number of benzene rings is 2. The Labute approximate surface area is 189 Å². The fraction of sp³-hybridized carbons (Fsp3) is 0.423. The van der Waals surface area contributed by atoms with Gasteiger partial charge >= 0.3 is 6.03 Å². The highest BCUT2D eigenvalue weighted by molar-refractivity contribution is 6.09. The first kappa shape index (κ1) is 22.1. The van der Waals surface area contributed by atoms with Gasteiger partial charge in [-0.25, -0.2) is 4.79 Å². The molecule has 2 N–H and O–H groups in total. The third-order valence-electron chi connectivity index (χ3n) is 6.70. The standard InChI is InChI=1S/C26H31N3O3/c1-19-10-8-9-15-22(19)27-23(30)18-29-24(31)26(28-25(29)32,16-20-11-4-2-5-12-20)17-21-13-6-3-7-14-21/h2-7,11-14,19,22H,8-10,15-18H2,1H3,(H,27,30)(H,28,32). The second kappa shape index (κ2) is 9.55. The zero-order chi connectivity index (χ0) is 22.6. The minimum absolute atomic E-state index is 0.107. The topological polar surface area (TPSA) is 78.5 Å². The van der Waals surface area contributed by atoms with E-state index < -0.39 is 11.6 Å². The number of imide groups is 1. The molecule has 168 valence electrons. The average molecular weight is 434 g/mol. The predicted octanol–water partition coefficient (Wildman–Crippen LogP) is 3.46. The number of nitrogens with one attached hydrogen (secondary N) is 2. The van der Waals surface area contributed by atoms with Crippen molar-refractivity contribution in [3.63, 3.8) is 0 Å². The van der Waals surface area contributed by atoms with Crippen LogP contribution in [0.15, 0.2) is 60.7 Å². The van der Waals surface area contributed by atoms with Crippen LogP contribution in [0.3, 0.4) is 0 Å². The molecule has 32 heavy (non-hydrogen) atoms. The number of hydrogen-bond donors (Lipinski definition) is 2. The normalized spacial score (nSPS) is 22.5. The Kier molecular flexibility index (Phi) is 6.58. The van der Waals surface area contributed by atoms with Crippen molar-refractivity contribution < 1.29 is 14.4 Å². The zero-order valence-electron chi connectivity index (χ0n) is 18.5. The number of nitrogens with zero attached hydrogens (tertiary/aromatic N) is 1. The van der Waals surface area contributed by atoms with Crippen molar-refractivity contribution in [1.82, 2.24) is 15.5 Å². The minimum atomic E-state index is -1.11. The highest BCUT2D eigenvalue weighted by Crippen LogP contribution is 2.28. The van der Waals surface area contributed by atoms with Gasteiger partial charge in [0.25, 0.3) is 5.91 Å². The van der Waals surface area contributed by atoms with Gasteiger partial charge in [-0.2, -0.15) is 0 Å². The summed E-state index contributed by atoms with van der Waals surface area (Å²) in [6.45, 7) is 1.89. The van der Waals surface area contributed by atoms with Gasteiger partial charge in [0.1, 0.15) is 12.1 Å². The van der Waals surface area contributed by atoms with Crippen LogP contribution in [0.1, 0.15) is 43.7 Å². The van der Waals surface area contributed by atoms with Crippen molar-refractivity contribution in [2.24, 2.45) is 5.92 Å². The maximum atomic E-state index is 13.6. The van der Waals surface area contributed by atoms with E-state index in [0.29, 0.717) is 18.8 Å². The molecule has 2 fully saturated rings. The first-order valence-corrected chi connectivity index (χ1v) is 11.5. The van der Waals surface area contributed by atoms with Crippen molar-refractivity contribution >= 4 is 17.8 Å². The zero-order valence-corrected chi connectivity index (χ0v) is 18.5. The number of rotatable bonds is 7. The molecule has 4 rings (SSSR count). The van der Waals surface area contributed by atoms with Gasteiger partial charge in [-0.1, -0.05) is 80.4 Å². The molecule has 2 aromatic rings. The average Bonchev–Trinajstić information content (AvgIpc) is 3.00. The van der Waals surface area contributed by atoms with Crippen molar-refractivity contribution in [3.05, 3.63) is 71.8 Å². The highest BCUT2D eigenvalue weighted by Gasteiger charge is 2.51. The molecule has 0 spiro atoms. The van der Waals surface area contributed by atoms with E-state index in [1.807, 2.05) is 60.7 Å². The van der Waals surface area contributed by atoms with E-state index in [1.165, 1.54) is 6.42 Å². The van der Waals surface area contributed by atoms with E-state index in [-0.39, 0.29) is 24.4 Å². The maximum absolute atomic E-state index is 13.6. The summed E-state index contributed by atoms with van der Waals surface area (Å²) in [6, 6.07) is 18.9. The van der Waals surface area contributed by atoms with Crippen LogP contribution in [0, 0.1) is 5.92 Å². The van der Waals surface area contributed by atoms with Crippen LogP contribution in [-0.4, -0.2) is 40.9 Å². The van der Waals surface area contributed by atoms with Crippen molar-refractivity contribution in [2.75, 3.05) is 6.54 Å². The van der Waals surface area contributed by atoms with Gasteiger partial charge in [0.05, 0.1) is 0 Å². The summed E-state index contributed by atoms with van der Waals surface area (Å²) in [6.07, 6.45) is 5.04. The smallest absolute Gasteiger partial charge is 0.325 e. The second-order valence-electron chi connectivity index (χ2n) is 9.16. The first-order chi connectivity index (χ1) is 15.5. The molecule has 6 nitrogen and oxygen atoms in total. The molecule has 1 aliphatic carbocycles. The van der Waals surface area contributed by atoms with E-state index in [2.05, 4.69) is 17.6 Å². The van der Waals surface area contributed by atoms with Gasteiger partial charge in [0.15, 0.2) is 0 Å². The van der Waals surface area contributed by atoms with E-state index in [9.17, 15) is 14.4 Å². The van der Waals surface area contributed by atoms with Crippen molar-refractivity contribution in [3.8, 4) is 0 Å². The lowest BCUT2D eigenvalue weighted by Crippen LogP contribution is -2.52. The molecule has 6 heteroatoms. The summed E-state index contributed by atoms with van der Waals surface area (Å²) in [5, 5.41) is 5.99. The number of carbonyl (C=O) groups is 3. The summed E-state index contributed by atoms with van der Waals surface area (Å²) in [5.74, 6) is -0.212. The van der Waals surface area contributed by atoms with Crippen molar-refractivity contribution in [2.45, 2.75) is 57.0 Å². The molecule has 2 aliphatic rings. The molecule has 1 heterocycles. The molecule has 1 saturated carbocycles. The summed E-state index contributed by atoms with van der Waals surface area (Å²) in [7, 11) is 0. The molecule has 0 radical (unpaired) electrons. The van der Waals surface area contributed by atoms with E-state index in [0.717, 1.165) is 35.3 Å². The van der Waals surface area contributed by atoms with E-state index in [1.54, 1.807) is 0 Å². The number of urea groups is 1. The Morgan fingerprint density at radius 2 is 1.53 bits per heavy atom. The predicted molar refractivity (Wildman–Crippen MR) is 123 cm³/mol. The fourth-order valence-electron chi connectivity index (χ4n) is 4.94. The molecule has 0 bridgehead atoms. The molecule has 2 atom stereocenters. The first-order valence-electron chi connectivity index (χ1n) is 11.5. The Hall–Kier alpha value is -3.15. The lowest BCUT2D eigenvalue weighted by molar-refractivity contribution is -0.135. The van der Waals surface area contributed by atoms with Crippen LogP contribution < -0.4 is 10.6 Å². The van der Waals surface area contributed by atoms with Crippen molar-refractivity contribution in [1.29, 1.82) is 0 Å². The Morgan fingerprint density at radius 3 is 2.09 bits per heavy atom. The SMILES string of the molecule is CC1CCCCC1NC(=O)CN1C(=O)NC(Cc2ccccc2)(Cc2ccccc2)C1=O. The second-order valence-corrected chi connectivity index (χ2v) is 9.16. The molecule has 2 unspecified atom stereocenters. The molecule has 1 aliphatic heterocycles. The van der Waals surface area contributed by atoms with Gasteiger partial charge in [0, 0.05) is 18.9 Å². The molecule has 4 amide bonds. The number of carbonyl (C=O) groups excluding carboxylic acids is 3. The molecular weight excluding hydrogens is 402 g/mol. The third kappa shape index (κ3) is 4.85. The van der Waals surface area contributed by atoms with Crippen LogP contribution in [0.25, 0.3) is 0 Å².